The average Bonchev–Trinajstić information content (AvgIpc) is 2.29. The summed E-state index contributed by atoms with van der Waals surface area (Å²) in [6.07, 6.45) is 0.893. The Bertz CT molecular complexity index is 308. The van der Waals surface area contributed by atoms with Crippen LogP contribution in [0.25, 0.3) is 0 Å². The Morgan fingerprint density at radius 1 is 1.27 bits per heavy atom. The second-order valence-corrected chi connectivity index (χ2v) is 4.06. The van der Waals surface area contributed by atoms with Gasteiger partial charge >= 0.3 is 0 Å². The van der Waals surface area contributed by atoms with E-state index in [2.05, 4.69) is 24.4 Å². The highest BCUT2D eigenvalue weighted by atomic mass is 16.1. The van der Waals surface area contributed by atoms with E-state index in [1.54, 1.807) is 7.05 Å². The molecule has 0 saturated heterocycles. The second kappa shape index (κ2) is 5.54. The standard InChI is InChI=1S/C13H19NO/c1-10(9-11(2)13(15)14-3)12-7-5-4-6-8-12/h4-8,10-11H,9H2,1-3H3,(H,14,15). The summed E-state index contributed by atoms with van der Waals surface area (Å²) in [4.78, 5) is 11.4. The van der Waals surface area contributed by atoms with Crippen LogP contribution in [0.3, 0.4) is 0 Å². The Morgan fingerprint density at radius 3 is 2.40 bits per heavy atom. The van der Waals surface area contributed by atoms with Crippen molar-refractivity contribution >= 4 is 5.91 Å². The third kappa shape index (κ3) is 3.39. The van der Waals surface area contributed by atoms with Crippen molar-refractivity contribution < 1.29 is 4.79 Å². The van der Waals surface area contributed by atoms with E-state index >= 15 is 0 Å². The Labute approximate surface area is 91.7 Å². The zero-order valence-corrected chi connectivity index (χ0v) is 9.66. The summed E-state index contributed by atoms with van der Waals surface area (Å²) < 4.78 is 0. The zero-order valence-electron chi connectivity index (χ0n) is 9.66. The van der Waals surface area contributed by atoms with Gasteiger partial charge in [-0.2, -0.15) is 0 Å². The highest BCUT2D eigenvalue weighted by Crippen LogP contribution is 2.22. The molecule has 1 N–H and O–H groups in total. The SMILES string of the molecule is CNC(=O)C(C)CC(C)c1ccccc1. The van der Waals surface area contributed by atoms with Gasteiger partial charge in [0.2, 0.25) is 5.91 Å². The lowest BCUT2D eigenvalue weighted by Gasteiger charge is -2.16. The smallest absolute Gasteiger partial charge is 0.222 e. The minimum absolute atomic E-state index is 0.0743. The first-order chi connectivity index (χ1) is 7.15. The minimum atomic E-state index is 0.0743. The predicted octanol–water partition coefficient (Wildman–Crippen LogP) is 2.56. The van der Waals surface area contributed by atoms with Crippen LogP contribution in [0, 0.1) is 5.92 Å². The number of rotatable bonds is 4. The molecular weight excluding hydrogens is 186 g/mol. The van der Waals surface area contributed by atoms with Crippen molar-refractivity contribution in [3.63, 3.8) is 0 Å². The van der Waals surface area contributed by atoms with Gasteiger partial charge in [0.25, 0.3) is 0 Å². The van der Waals surface area contributed by atoms with Gasteiger partial charge in [-0.25, -0.2) is 0 Å². The molecule has 1 aromatic rings. The number of carbonyl (C=O) groups excluding carboxylic acids is 1. The van der Waals surface area contributed by atoms with Crippen LogP contribution in [0.1, 0.15) is 31.7 Å². The van der Waals surface area contributed by atoms with Gasteiger partial charge in [-0.15, -0.1) is 0 Å². The lowest BCUT2D eigenvalue weighted by Crippen LogP contribution is -2.26. The van der Waals surface area contributed by atoms with E-state index in [0.717, 1.165) is 6.42 Å². The van der Waals surface area contributed by atoms with Gasteiger partial charge in [0.05, 0.1) is 0 Å². The second-order valence-electron chi connectivity index (χ2n) is 4.06. The van der Waals surface area contributed by atoms with Crippen molar-refractivity contribution in [2.45, 2.75) is 26.2 Å². The molecule has 0 heterocycles. The third-order valence-corrected chi connectivity index (χ3v) is 2.77. The van der Waals surface area contributed by atoms with Crippen molar-refractivity contribution in [1.82, 2.24) is 5.32 Å². The fraction of sp³-hybridized carbons (Fsp3) is 0.462. The molecule has 0 aliphatic carbocycles. The Hall–Kier alpha value is -1.31. The molecule has 0 saturated carbocycles. The predicted molar refractivity (Wildman–Crippen MR) is 62.7 cm³/mol. The summed E-state index contributed by atoms with van der Waals surface area (Å²) in [6, 6.07) is 10.3. The fourth-order valence-corrected chi connectivity index (χ4v) is 1.80. The Balaban J connectivity index is 2.56. The monoisotopic (exact) mass is 205 g/mol. The third-order valence-electron chi connectivity index (χ3n) is 2.77. The van der Waals surface area contributed by atoms with E-state index in [1.165, 1.54) is 5.56 Å². The molecule has 0 spiro atoms. The van der Waals surface area contributed by atoms with E-state index in [4.69, 9.17) is 0 Å². The normalized spacial score (nSPS) is 14.3. The van der Waals surface area contributed by atoms with E-state index in [1.807, 2.05) is 25.1 Å². The zero-order chi connectivity index (χ0) is 11.3. The maximum atomic E-state index is 11.4. The topological polar surface area (TPSA) is 29.1 Å². The molecule has 82 valence electrons. The van der Waals surface area contributed by atoms with Crippen LogP contribution in [-0.4, -0.2) is 13.0 Å². The number of hydrogen-bond acceptors (Lipinski definition) is 1. The molecule has 2 atom stereocenters. The summed E-state index contributed by atoms with van der Waals surface area (Å²) >= 11 is 0. The molecule has 0 aromatic heterocycles. The van der Waals surface area contributed by atoms with E-state index in [9.17, 15) is 4.79 Å². The maximum Gasteiger partial charge on any atom is 0.222 e. The molecule has 0 bridgehead atoms. The first kappa shape index (κ1) is 11.8. The van der Waals surface area contributed by atoms with Crippen LogP contribution in [0.15, 0.2) is 30.3 Å². The van der Waals surface area contributed by atoms with Crippen LogP contribution in [-0.2, 0) is 4.79 Å². The van der Waals surface area contributed by atoms with Crippen LogP contribution in [0.5, 0.6) is 0 Å². The number of nitrogens with one attached hydrogen (secondary N) is 1. The molecule has 0 aliphatic heterocycles. The van der Waals surface area contributed by atoms with E-state index < -0.39 is 0 Å². The van der Waals surface area contributed by atoms with Crippen LogP contribution in [0.2, 0.25) is 0 Å². The van der Waals surface area contributed by atoms with Crippen LogP contribution < -0.4 is 5.32 Å². The fourth-order valence-electron chi connectivity index (χ4n) is 1.80. The molecule has 15 heavy (non-hydrogen) atoms. The maximum absolute atomic E-state index is 11.4. The van der Waals surface area contributed by atoms with E-state index in [0.29, 0.717) is 5.92 Å². The summed E-state index contributed by atoms with van der Waals surface area (Å²) in [5.74, 6) is 0.626. The molecule has 0 radical (unpaired) electrons. The van der Waals surface area contributed by atoms with Gasteiger partial charge in [-0.3, -0.25) is 4.79 Å². The highest BCUT2D eigenvalue weighted by molar-refractivity contribution is 5.77. The van der Waals surface area contributed by atoms with Crippen molar-refractivity contribution in [1.29, 1.82) is 0 Å². The van der Waals surface area contributed by atoms with Gasteiger partial charge in [-0.05, 0) is 17.9 Å². The molecular formula is C13H19NO. The molecule has 1 aromatic carbocycles. The molecule has 1 amide bonds. The largest absolute Gasteiger partial charge is 0.359 e. The van der Waals surface area contributed by atoms with Gasteiger partial charge in [0, 0.05) is 13.0 Å². The van der Waals surface area contributed by atoms with Gasteiger partial charge in [-0.1, -0.05) is 44.2 Å². The molecule has 0 fully saturated rings. The van der Waals surface area contributed by atoms with Crippen molar-refractivity contribution in [3.8, 4) is 0 Å². The van der Waals surface area contributed by atoms with Gasteiger partial charge in [0.15, 0.2) is 0 Å². The van der Waals surface area contributed by atoms with Crippen molar-refractivity contribution in [3.05, 3.63) is 35.9 Å². The molecule has 1 rings (SSSR count). The lowest BCUT2D eigenvalue weighted by atomic mass is 9.91. The number of benzene rings is 1. The average molecular weight is 205 g/mol. The summed E-state index contributed by atoms with van der Waals surface area (Å²) in [5, 5.41) is 2.68. The highest BCUT2D eigenvalue weighted by Gasteiger charge is 2.15. The summed E-state index contributed by atoms with van der Waals surface area (Å²) in [7, 11) is 1.69. The van der Waals surface area contributed by atoms with Crippen LogP contribution >= 0.6 is 0 Å². The quantitative estimate of drug-likeness (QED) is 0.804. The van der Waals surface area contributed by atoms with Gasteiger partial charge < -0.3 is 5.32 Å². The lowest BCUT2D eigenvalue weighted by molar-refractivity contribution is -0.124. The van der Waals surface area contributed by atoms with Crippen molar-refractivity contribution in [2.24, 2.45) is 5.92 Å². The summed E-state index contributed by atoms with van der Waals surface area (Å²) in [6.45, 7) is 4.13. The first-order valence-corrected chi connectivity index (χ1v) is 5.41. The van der Waals surface area contributed by atoms with Gasteiger partial charge in [0.1, 0.15) is 0 Å². The molecule has 0 aliphatic rings. The number of amides is 1. The van der Waals surface area contributed by atoms with Crippen LogP contribution in [0.4, 0.5) is 0 Å². The Kier molecular flexibility index (Phi) is 4.35. The number of hydrogen-bond donors (Lipinski definition) is 1. The minimum Gasteiger partial charge on any atom is -0.359 e. The first-order valence-electron chi connectivity index (χ1n) is 5.41. The molecule has 2 unspecified atom stereocenters. The van der Waals surface area contributed by atoms with Crippen molar-refractivity contribution in [2.75, 3.05) is 7.05 Å². The Morgan fingerprint density at radius 2 is 1.87 bits per heavy atom. The summed E-state index contributed by atoms with van der Waals surface area (Å²) in [5.41, 5.74) is 1.30. The molecule has 2 nitrogen and oxygen atoms in total. The molecule has 2 heteroatoms. The van der Waals surface area contributed by atoms with E-state index in [-0.39, 0.29) is 11.8 Å². The number of carbonyl (C=O) groups is 1.